The number of aryl methyl sites for hydroxylation is 1. The van der Waals surface area contributed by atoms with Gasteiger partial charge in [-0.1, -0.05) is 18.2 Å². The second kappa shape index (κ2) is 9.21. The van der Waals surface area contributed by atoms with E-state index in [-0.39, 0.29) is 11.9 Å². The zero-order valence-corrected chi connectivity index (χ0v) is 21.4. The molecular weight excluding hydrogens is 462 g/mol. The van der Waals surface area contributed by atoms with Gasteiger partial charge in [-0.3, -0.25) is 5.41 Å². The number of hydrogen-bond donors (Lipinski definition) is 1. The van der Waals surface area contributed by atoms with Crippen molar-refractivity contribution in [3.05, 3.63) is 77.1 Å². The van der Waals surface area contributed by atoms with Crippen molar-refractivity contribution >= 4 is 26.5 Å². The highest BCUT2D eigenvalue weighted by Gasteiger charge is 2.46. The van der Waals surface area contributed by atoms with E-state index in [1.54, 1.807) is 25.6 Å². The number of methoxy groups -OCH3 is 1. The smallest absolute Gasteiger partial charge is 0.143 e. The van der Waals surface area contributed by atoms with Crippen molar-refractivity contribution in [2.45, 2.75) is 38.3 Å². The highest BCUT2D eigenvalue weighted by molar-refractivity contribution is 7.27. The Labute approximate surface area is 207 Å². The Hall–Kier alpha value is -3.02. The highest BCUT2D eigenvalue weighted by atomic mass is 31.0. The fraction of sp³-hybridized carbons (Fsp3) is 0.333. The van der Waals surface area contributed by atoms with Crippen LogP contribution in [-0.2, 0) is 10.3 Å². The molecule has 0 saturated carbocycles. The van der Waals surface area contributed by atoms with Gasteiger partial charge in [0.25, 0.3) is 0 Å². The molecule has 3 heterocycles. The lowest BCUT2D eigenvalue weighted by atomic mass is 9.83. The van der Waals surface area contributed by atoms with Gasteiger partial charge in [-0.2, -0.15) is 0 Å². The first-order valence-corrected chi connectivity index (χ1v) is 12.3. The molecule has 3 unspecified atom stereocenters. The maximum atomic E-state index is 14.5. The van der Waals surface area contributed by atoms with Crippen molar-refractivity contribution in [3.8, 4) is 11.4 Å². The highest BCUT2D eigenvalue weighted by Crippen LogP contribution is 2.40. The molecule has 2 aliphatic rings. The first-order valence-electron chi connectivity index (χ1n) is 11.7. The van der Waals surface area contributed by atoms with Crippen molar-refractivity contribution in [1.29, 1.82) is 5.41 Å². The molecule has 2 saturated heterocycles. The Bertz CT molecular complexity index is 1320. The number of ether oxygens (including phenoxy) is 2. The summed E-state index contributed by atoms with van der Waals surface area (Å²) in [7, 11) is 4.08. The molecule has 6 nitrogen and oxygen atoms in total. The number of morpholine rings is 1. The van der Waals surface area contributed by atoms with Gasteiger partial charge in [0, 0.05) is 11.5 Å². The number of piperidine rings is 1. The van der Waals surface area contributed by atoms with Crippen LogP contribution in [0.4, 0.5) is 4.39 Å². The van der Waals surface area contributed by atoms with Gasteiger partial charge in [-0.05, 0) is 67.7 Å². The second-order valence-corrected chi connectivity index (χ2v) is 10.1. The summed E-state index contributed by atoms with van der Waals surface area (Å²) in [6.07, 6.45) is 7.44. The van der Waals surface area contributed by atoms with Crippen LogP contribution >= 0.6 is 9.24 Å². The summed E-state index contributed by atoms with van der Waals surface area (Å²) in [6, 6.07) is 11.4. The summed E-state index contributed by atoms with van der Waals surface area (Å²) < 4.78 is 28.0. The van der Waals surface area contributed by atoms with E-state index in [4.69, 9.17) is 14.9 Å². The minimum absolute atomic E-state index is 0.0820. The number of benzene rings is 2. The number of hydrogen-bond acceptors (Lipinski definition) is 4. The zero-order valence-electron chi connectivity index (χ0n) is 20.2. The van der Waals surface area contributed by atoms with Crippen molar-refractivity contribution in [2.24, 2.45) is 0 Å². The molecule has 2 aromatic carbocycles. The SMILES string of the molecule is COc1cc(/C=C2\CCC3COCC(C)(c4ccc(P)c(F)c4)N3C2=N)ccc1-n1cnc(C)c1. The van der Waals surface area contributed by atoms with Crippen molar-refractivity contribution < 1.29 is 13.9 Å². The Kier molecular flexibility index (Phi) is 6.24. The van der Waals surface area contributed by atoms with Crippen LogP contribution in [0.1, 0.15) is 36.6 Å². The third-order valence-corrected chi connectivity index (χ3v) is 7.51. The summed E-state index contributed by atoms with van der Waals surface area (Å²) in [5.41, 5.74) is 3.96. The van der Waals surface area contributed by atoms with Gasteiger partial charge in [0.05, 0.1) is 49.6 Å². The van der Waals surface area contributed by atoms with E-state index < -0.39 is 5.54 Å². The topological polar surface area (TPSA) is 63.4 Å². The van der Waals surface area contributed by atoms with Crippen LogP contribution in [0.25, 0.3) is 11.8 Å². The second-order valence-electron chi connectivity index (χ2n) is 9.46. The molecule has 3 aromatic rings. The monoisotopic (exact) mass is 492 g/mol. The largest absolute Gasteiger partial charge is 0.495 e. The molecule has 3 atom stereocenters. The summed E-state index contributed by atoms with van der Waals surface area (Å²) in [5.74, 6) is 0.937. The summed E-state index contributed by atoms with van der Waals surface area (Å²) in [6.45, 7) is 4.97. The Morgan fingerprint density at radius 3 is 2.83 bits per heavy atom. The van der Waals surface area contributed by atoms with Crippen LogP contribution in [0.3, 0.4) is 0 Å². The average molecular weight is 493 g/mol. The van der Waals surface area contributed by atoms with Crippen LogP contribution in [-0.4, -0.2) is 46.7 Å². The van der Waals surface area contributed by atoms with E-state index >= 15 is 0 Å². The number of halogens is 1. The maximum Gasteiger partial charge on any atom is 0.143 e. The molecule has 0 aliphatic carbocycles. The standard InChI is InChI=1S/C27H30FN4O2P/c1-17-13-31(16-30-17)23-8-4-18(11-24(23)33-3)10-19-5-7-21-14-34-15-27(2,32(21)26(19)29)20-6-9-25(35)22(28)12-20/h4,6,8-13,16,21,29H,5,7,14-15,35H2,1-3H3/b19-10+,29-26?. The normalized spacial score (nSPS) is 23.5. The molecule has 1 aromatic heterocycles. The van der Waals surface area contributed by atoms with Gasteiger partial charge in [0.2, 0.25) is 0 Å². The van der Waals surface area contributed by atoms with E-state index in [0.29, 0.717) is 24.4 Å². The molecule has 0 bridgehead atoms. The predicted octanol–water partition coefficient (Wildman–Crippen LogP) is 4.60. The first-order chi connectivity index (χ1) is 16.8. The van der Waals surface area contributed by atoms with E-state index in [0.717, 1.165) is 46.7 Å². The molecule has 0 amide bonds. The van der Waals surface area contributed by atoms with Crippen LogP contribution in [0.15, 0.2) is 54.5 Å². The predicted molar refractivity (Wildman–Crippen MR) is 139 cm³/mol. The third kappa shape index (κ3) is 4.28. The number of aromatic nitrogens is 2. The number of nitrogens with one attached hydrogen (secondary N) is 1. The van der Waals surface area contributed by atoms with E-state index in [9.17, 15) is 4.39 Å². The molecule has 5 rings (SSSR count). The van der Waals surface area contributed by atoms with Crippen LogP contribution in [0.2, 0.25) is 0 Å². The number of rotatable bonds is 4. The van der Waals surface area contributed by atoms with Gasteiger partial charge >= 0.3 is 0 Å². The quantitative estimate of drug-likeness (QED) is 0.541. The van der Waals surface area contributed by atoms with Crippen LogP contribution < -0.4 is 10.0 Å². The minimum atomic E-state index is -0.625. The number of nitrogens with zero attached hydrogens (tertiary/aromatic N) is 3. The molecular formula is C27H30FN4O2P. The van der Waals surface area contributed by atoms with Crippen LogP contribution in [0.5, 0.6) is 5.75 Å². The zero-order chi connectivity index (χ0) is 24.7. The molecule has 2 fully saturated rings. The number of amidine groups is 1. The van der Waals surface area contributed by atoms with E-state index in [1.807, 2.05) is 48.9 Å². The third-order valence-electron chi connectivity index (χ3n) is 7.04. The minimum Gasteiger partial charge on any atom is -0.495 e. The van der Waals surface area contributed by atoms with Gasteiger partial charge < -0.3 is 18.9 Å². The average Bonchev–Trinajstić information content (AvgIpc) is 3.28. The Morgan fingerprint density at radius 2 is 2.11 bits per heavy atom. The van der Waals surface area contributed by atoms with Crippen molar-refractivity contribution in [1.82, 2.24) is 14.5 Å². The fourth-order valence-corrected chi connectivity index (χ4v) is 5.33. The van der Waals surface area contributed by atoms with Crippen LogP contribution in [0, 0.1) is 18.2 Å². The molecule has 8 heteroatoms. The molecule has 0 radical (unpaired) electrons. The summed E-state index contributed by atoms with van der Waals surface area (Å²) in [4.78, 5) is 6.44. The molecule has 2 aliphatic heterocycles. The number of fused-ring (bicyclic) bond motifs is 1. The van der Waals surface area contributed by atoms with E-state index in [1.165, 1.54) is 0 Å². The molecule has 35 heavy (non-hydrogen) atoms. The number of imidazole rings is 1. The Morgan fingerprint density at radius 1 is 1.29 bits per heavy atom. The maximum absolute atomic E-state index is 14.5. The summed E-state index contributed by atoms with van der Waals surface area (Å²) in [5, 5.41) is 9.69. The Balaban J connectivity index is 1.49. The summed E-state index contributed by atoms with van der Waals surface area (Å²) >= 11 is 0. The fourth-order valence-electron chi connectivity index (χ4n) is 5.15. The van der Waals surface area contributed by atoms with Gasteiger partial charge in [-0.15, -0.1) is 9.24 Å². The van der Waals surface area contributed by atoms with Crippen molar-refractivity contribution in [3.63, 3.8) is 0 Å². The molecule has 1 N–H and O–H groups in total. The lowest BCUT2D eigenvalue weighted by Crippen LogP contribution is -2.62. The first kappa shape index (κ1) is 23.7. The molecule has 0 spiro atoms. The van der Waals surface area contributed by atoms with E-state index in [2.05, 4.69) is 25.2 Å². The molecule has 182 valence electrons. The van der Waals surface area contributed by atoms with Gasteiger partial charge in [-0.25, -0.2) is 9.37 Å². The lowest BCUT2D eigenvalue weighted by molar-refractivity contribution is -0.0694. The van der Waals surface area contributed by atoms with Gasteiger partial charge in [0.1, 0.15) is 17.4 Å². The van der Waals surface area contributed by atoms with Crippen molar-refractivity contribution in [2.75, 3.05) is 20.3 Å². The van der Waals surface area contributed by atoms with Gasteiger partial charge in [0.15, 0.2) is 0 Å². The lowest BCUT2D eigenvalue weighted by Gasteiger charge is -2.53.